The van der Waals surface area contributed by atoms with Crippen LogP contribution in [0.15, 0.2) is 71.0 Å². The van der Waals surface area contributed by atoms with Crippen LogP contribution in [0, 0.1) is 17.8 Å². The second-order valence-electron chi connectivity index (χ2n) is 9.72. The number of fused-ring (bicyclic) bond motifs is 1. The van der Waals surface area contributed by atoms with Crippen LogP contribution in [0.1, 0.15) is 47.6 Å². The molecule has 1 atom stereocenters. The fourth-order valence-electron chi connectivity index (χ4n) is 4.85. The second-order valence-corrected chi connectivity index (χ2v) is 9.72. The molecule has 1 unspecified atom stereocenters. The van der Waals surface area contributed by atoms with Crippen LogP contribution in [0.3, 0.4) is 0 Å². The number of aromatic nitrogens is 4. The number of amides is 1. The SMILES string of the molecule is C=C/C=N\c1c(C(=O)NC(C)c2nc3cccc(C#CC4CCOCC4)c3c(=O)n2-c2ccccc2)c(N)nn1C. The van der Waals surface area contributed by atoms with Gasteiger partial charge in [0.25, 0.3) is 11.5 Å². The van der Waals surface area contributed by atoms with Gasteiger partial charge in [-0.25, -0.2) is 14.7 Å². The van der Waals surface area contributed by atoms with Gasteiger partial charge in [0.1, 0.15) is 11.4 Å². The molecule has 1 fully saturated rings. The standard InChI is InChI=1S/C31H31N7O3/c1-4-17-33-29-26(27(32)36-37(29)3)30(39)34-20(2)28-35-24-12-8-9-22(14-13-21-15-18-41-19-16-21)25(24)31(40)38(28)23-10-6-5-7-11-23/h4-12,17,20-21H,1,15-16,18-19H2,2-3H3,(H2,32,36)(H,34,39)/b33-17-. The number of nitrogens with one attached hydrogen (secondary N) is 1. The van der Waals surface area contributed by atoms with E-state index >= 15 is 0 Å². The fraction of sp³-hybridized carbons (Fsp3) is 0.258. The molecule has 3 heterocycles. The summed E-state index contributed by atoms with van der Waals surface area (Å²) < 4.78 is 8.39. The van der Waals surface area contributed by atoms with E-state index < -0.39 is 11.9 Å². The maximum atomic E-state index is 14.2. The number of carbonyl (C=O) groups excluding carboxylic acids is 1. The van der Waals surface area contributed by atoms with Gasteiger partial charge in [-0.15, -0.1) is 0 Å². The van der Waals surface area contributed by atoms with E-state index in [1.54, 1.807) is 20.0 Å². The van der Waals surface area contributed by atoms with E-state index in [0.717, 1.165) is 12.8 Å². The molecular formula is C31H31N7O3. The van der Waals surface area contributed by atoms with Crippen LogP contribution in [0.2, 0.25) is 0 Å². The molecule has 2 aromatic heterocycles. The summed E-state index contributed by atoms with van der Waals surface area (Å²) in [6.07, 6.45) is 4.69. The monoisotopic (exact) mass is 549 g/mol. The van der Waals surface area contributed by atoms with E-state index in [1.165, 1.54) is 21.5 Å². The Morgan fingerprint density at radius 1 is 1.22 bits per heavy atom. The second kappa shape index (κ2) is 12.0. The zero-order chi connectivity index (χ0) is 28.9. The molecule has 2 aromatic carbocycles. The molecule has 1 aliphatic rings. The fourth-order valence-corrected chi connectivity index (χ4v) is 4.85. The summed E-state index contributed by atoms with van der Waals surface area (Å²) in [5.41, 5.74) is 7.65. The predicted molar refractivity (Wildman–Crippen MR) is 160 cm³/mol. The topological polar surface area (TPSA) is 129 Å². The number of para-hydroxylation sites is 1. The van der Waals surface area contributed by atoms with E-state index in [4.69, 9.17) is 15.5 Å². The van der Waals surface area contributed by atoms with Crippen molar-refractivity contribution in [2.24, 2.45) is 18.0 Å². The number of carbonyl (C=O) groups is 1. The third-order valence-electron chi connectivity index (χ3n) is 6.88. The summed E-state index contributed by atoms with van der Waals surface area (Å²) in [6, 6.07) is 14.0. The average molecular weight is 550 g/mol. The first kappa shape index (κ1) is 27.6. The Morgan fingerprint density at radius 3 is 2.71 bits per heavy atom. The number of ether oxygens (including phenoxy) is 1. The molecule has 1 amide bonds. The Labute approximate surface area is 237 Å². The van der Waals surface area contributed by atoms with Crippen LogP contribution in [0.4, 0.5) is 11.6 Å². The molecule has 5 rings (SSSR count). The summed E-state index contributed by atoms with van der Waals surface area (Å²) in [5, 5.41) is 7.50. The van der Waals surface area contributed by atoms with Crippen LogP contribution in [0.25, 0.3) is 16.6 Å². The summed E-state index contributed by atoms with van der Waals surface area (Å²) in [7, 11) is 1.65. The minimum atomic E-state index is -0.687. The van der Waals surface area contributed by atoms with Gasteiger partial charge in [0.15, 0.2) is 11.6 Å². The molecule has 10 nitrogen and oxygen atoms in total. The predicted octanol–water partition coefficient (Wildman–Crippen LogP) is 3.86. The Balaban J connectivity index is 1.60. The molecule has 0 saturated carbocycles. The Bertz CT molecular complexity index is 1750. The van der Waals surface area contributed by atoms with Gasteiger partial charge in [-0.3, -0.25) is 14.2 Å². The normalized spacial score (nSPS) is 14.5. The number of nitrogen functional groups attached to an aromatic ring is 1. The van der Waals surface area contributed by atoms with Crippen LogP contribution in [0.5, 0.6) is 0 Å². The molecule has 0 spiro atoms. The van der Waals surface area contributed by atoms with Crippen LogP contribution >= 0.6 is 0 Å². The van der Waals surface area contributed by atoms with E-state index in [2.05, 4.69) is 33.8 Å². The largest absolute Gasteiger partial charge is 0.381 e. The van der Waals surface area contributed by atoms with E-state index in [9.17, 15) is 9.59 Å². The van der Waals surface area contributed by atoms with Crippen molar-refractivity contribution in [2.75, 3.05) is 18.9 Å². The van der Waals surface area contributed by atoms with Gasteiger partial charge in [-0.05, 0) is 44.0 Å². The highest BCUT2D eigenvalue weighted by atomic mass is 16.5. The van der Waals surface area contributed by atoms with Crippen molar-refractivity contribution in [3.8, 4) is 17.5 Å². The Hall–Kier alpha value is -5.01. The van der Waals surface area contributed by atoms with Crippen molar-refractivity contribution in [1.82, 2.24) is 24.6 Å². The minimum Gasteiger partial charge on any atom is -0.381 e. The average Bonchev–Trinajstić information content (AvgIpc) is 3.27. The first-order valence-electron chi connectivity index (χ1n) is 13.4. The van der Waals surface area contributed by atoms with Gasteiger partial charge >= 0.3 is 0 Å². The third kappa shape index (κ3) is 5.66. The summed E-state index contributed by atoms with van der Waals surface area (Å²) >= 11 is 0. The lowest BCUT2D eigenvalue weighted by atomic mass is 10.00. The first-order chi connectivity index (χ1) is 19.9. The van der Waals surface area contributed by atoms with Crippen LogP contribution in [-0.4, -0.2) is 44.7 Å². The molecule has 1 saturated heterocycles. The summed E-state index contributed by atoms with van der Waals surface area (Å²) in [4.78, 5) is 36.8. The van der Waals surface area contributed by atoms with E-state index in [0.29, 0.717) is 41.2 Å². The summed E-state index contributed by atoms with van der Waals surface area (Å²) in [5.74, 6) is 6.96. The molecule has 1 aliphatic heterocycles. The number of rotatable bonds is 6. The Morgan fingerprint density at radius 2 is 1.98 bits per heavy atom. The lowest BCUT2D eigenvalue weighted by Gasteiger charge is -2.20. The highest BCUT2D eigenvalue weighted by Gasteiger charge is 2.25. The summed E-state index contributed by atoms with van der Waals surface area (Å²) in [6.45, 7) is 6.77. The molecule has 4 aromatic rings. The number of benzene rings is 2. The lowest BCUT2D eigenvalue weighted by Crippen LogP contribution is -2.33. The van der Waals surface area contributed by atoms with E-state index in [-0.39, 0.29) is 28.7 Å². The Kier molecular flexibility index (Phi) is 8.08. The molecule has 10 heteroatoms. The number of aryl methyl sites for hydroxylation is 1. The van der Waals surface area contributed by atoms with Crippen molar-refractivity contribution < 1.29 is 9.53 Å². The molecule has 0 radical (unpaired) electrons. The van der Waals surface area contributed by atoms with Crippen molar-refractivity contribution >= 4 is 34.7 Å². The molecule has 3 N–H and O–H groups in total. The molecular weight excluding hydrogens is 518 g/mol. The van der Waals surface area contributed by atoms with Gasteiger partial charge in [-0.1, -0.05) is 48.8 Å². The van der Waals surface area contributed by atoms with Crippen LogP contribution < -0.4 is 16.6 Å². The lowest BCUT2D eigenvalue weighted by molar-refractivity contribution is 0.0807. The van der Waals surface area contributed by atoms with Crippen molar-refractivity contribution in [1.29, 1.82) is 0 Å². The maximum absolute atomic E-state index is 14.2. The molecule has 0 bridgehead atoms. The highest BCUT2D eigenvalue weighted by molar-refractivity contribution is 6.03. The number of hydrogen-bond acceptors (Lipinski definition) is 7. The minimum absolute atomic E-state index is 0.0353. The number of nitrogens with zero attached hydrogens (tertiary/aromatic N) is 5. The molecule has 41 heavy (non-hydrogen) atoms. The first-order valence-corrected chi connectivity index (χ1v) is 13.4. The van der Waals surface area contributed by atoms with Gasteiger partial charge < -0.3 is 15.8 Å². The van der Waals surface area contributed by atoms with Crippen LogP contribution in [-0.2, 0) is 11.8 Å². The van der Waals surface area contributed by atoms with Gasteiger partial charge in [0.05, 0.1) is 22.6 Å². The van der Waals surface area contributed by atoms with Gasteiger partial charge in [0, 0.05) is 38.0 Å². The van der Waals surface area contributed by atoms with Gasteiger partial charge in [0.2, 0.25) is 0 Å². The molecule has 208 valence electrons. The number of hydrogen-bond donors (Lipinski definition) is 2. The number of nitrogens with two attached hydrogens (primary N) is 1. The number of aliphatic imine (C=N–C) groups is 1. The quantitative estimate of drug-likeness (QED) is 0.278. The number of allylic oxidation sites excluding steroid dienone is 1. The van der Waals surface area contributed by atoms with Gasteiger partial charge in [-0.2, -0.15) is 5.10 Å². The smallest absolute Gasteiger partial charge is 0.267 e. The van der Waals surface area contributed by atoms with E-state index in [1.807, 2.05) is 42.5 Å². The zero-order valence-electron chi connectivity index (χ0n) is 23.0. The maximum Gasteiger partial charge on any atom is 0.267 e. The third-order valence-corrected chi connectivity index (χ3v) is 6.88. The number of anilines is 1. The molecule has 0 aliphatic carbocycles. The van der Waals surface area contributed by atoms with Crippen molar-refractivity contribution in [3.05, 3.63) is 88.5 Å². The van der Waals surface area contributed by atoms with Crippen molar-refractivity contribution in [3.63, 3.8) is 0 Å². The van der Waals surface area contributed by atoms with Crippen molar-refractivity contribution in [2.45, 2.75) is 25.8 Å². The highest BCUT2D eigenvalue weighted by Crippen LogP contribution is 2.26. The zero-order valence-corrected chi connectivity index (χ0v) is 23.0.